The lowest BCUT2D eigenvalue weighted by atomic mass is 10.1. The quantitative estimate of drug-likeness (QED) is 0.353. The zero-order valence-corrected chi connectivity index (χ0v) is 21.2. The predicted molar refractivity (Wildman–Crippen MR) is 140 cm³/mol. The van der Waals surface area contributed by atoms with Crippen LogP contribution in [0.4, 0.5) is 0 Å². The second kappa shape index (κ2) is 11.0. The number of carbonyl (C=O) groups excluding carboxylic acids is 1. The molecule has 0 saturated heterocycles. The van der Waals surface area contributed by atoms with Crippen LogP contribution in [-0.4, -0.2) is 47.3 Å². The Morgan fingerprint density at radius 2 is 1.91 bits per heavy atom. The van der Waals surface area contributed by atoms with Gasteiger partial charge in [0, 0.05) is 6.42 Å². The van der Waals surface area contributed by atoms with Crippen molar-refractivity contribution in [3.05, 3.63) is 58.6 Å². The number of thioether (sulfide) groups is 1. The zero-order chi connectivity index (χ0) is 24.9. The number of hydrogen-bond acceptors (Lipinski definition) is 7. The van der Waals surface area contributed by atoms with Crippen molar-refractivity contribution < 1.29 is 19.0 Å². The van der Waals surface area contributed by atoms with Crippen LogP contribution in [0.2, 0.25) is 5.02 Å². The lowest BCUT2D eigenvalue weighted by molar-refractivity contribution is -0.114. The highest BCUT2D eigenvalue weighted by atomic mass is 35.5. The summed E-state index contributed by atoms with van der Waals surface area (Å²) in [6.07, 6.45) is 2.31. The number of halogens is 1. The molecule has 0 atom stereocenters. The molecule has 0 spiro atoms. The van der Waals surface area contributed by atoms with Crippen LogP contribution in [0.5, 0.6) is 17.2 Å². The number of rotatable bonds is 9. The van der Waals surface area contributed by atoms with E-state index in [0.29, 0.717) is 39.8 Å². The number of para-hydroxylation sites is 1. The molecule has 35 heavy (non-hydrogen) atoms. The van der Waals surface area contributed by atoms with Crippen LogP contribution in [0.1, 0.15) is 25.8 Å². The molecule has 2 aliphatic rings. The molecule has 4 rings (SSSR count). The minimum absolute atomic E-state index is 0.0280. The largest absolute Gasteiger partial charge is 0.493 e. The first-order valence-electron chi connectivity index (χ1n) is 11.0. The third-order valence-corrected chi connectivity index (χ3v) is 6.20. The van der Waals surface area contributed by atoms with Crippen molar-refractivity contribution in [3.63, 3.8) is 0 Å². The van der Waals surface area contributed by atoms with Crippen LogP contribution >= 0.6 is 23.4 Å². The number of amidine groups is 2. The number of hydrogen-bond donors (Lipinski definition) is 1. The topological polar surface area (TPSA) is 96.6 Å². The van der Waals surface area contributed by atoms with E-state index in [1.54, 1.807) is 18.2 Å². The first-order chi connectivity index (χ1) is 16.9. The highest BCUT2D eigenvalue weighted by Gasteiger charge is 2.35. The third kappa shape index (κ3) is 5.86. The third-order valence-electron chi connectivity index (χ3n) is 4.98. The van der Waals surface area contributed by atoms with E-state index in [1.165, 1.54) is 23.9 Å². The number of nitrogens with zero attached hydrogens (tertiary/aromatic N) is 3. The first kappa shape index (κ1) is 24.8. The molecule has 182 valence electrons. The average Bonchev–Trinajstić information content (AvgIpc) is 3.22. The molecule has 1 N–H and O–H groups in total. The summed E-state index contributed by atoms with van der Waals surface area (Å²) in [6.45, 7) is 4.76. The van der Waals surface area contributed by atoms with Gasteiger partial charge in [0.25, 0.3) is 5.91 Å². The number of amides is 1. The lowest BCUT2D eigenvalue weighted by Gasteiger charge is -2.20. The Kier molecular flexibility index (Phi) is 7.77. The molecule has 2 aliphatic heterocycles. The van der Waals surface area contributed by atoms with Gasteiger partial charge in [0.15, 0.2) is 17.3 Å². The van der Waals surface area contributed by atoms with Gasteiger partial charge in [-0.2, -0.15) is 15.1 Å². The number of aliphatic imine (C=N–C) groups is 1. The van der Waals surface area contributed by atoms with Crippen molar-refractivity contribution in [3.8, 4) is 17.2 Å². The van der Waals surface area contributed by atoms with Crippen molar-refractivity contribution in [2.75, 3.05) is 20.3 Å². The van der Waals surface area contributed by atoms with E-state index in [-0.39, 0.29) is 18.0 Å². The molecule has 10 heteroatoms. The minimum atomic E-state index is -0.497. The van der Waals surface area contributed by atoms with Crippen LogP contribution in [0.3, 0.4) is 0 Å². The van der Waals surface area contributed by atoms with Gasteiger partial charge in [-0.05, 0) is 53.6 Å². The van der Waals surface area contributed by atoms with Gasteiger partial charge in [0.05, 0.1) is 17.7 Å². The van der Waals surface area contributed by atoms with Gasteiger partial charge in [-0.1, -0.05) is 43.6 Å². The highest BCUT2D eigenvalue weighted by Crippen LogP contribution is 2.38. The Morgan fingerprint density at radius 3 is 2.63 bits per heavy atom. The normalized spacial score (nSPS) is 16.4. The van der Waals surface area contributed by atoms with E-state index in [0.717, 1.165) is 17.2 Å². The van der Waals surface area contributed by atoms with E-state index in [9.17, 15) is 4.79 Å². The number of ether oxygens (including phenoxy) is 3. The number of benzene rings is 2. The summed E-state index contributed by atoms with van der Waals surface area (Å²) in [4.78, 5) is 16.8. The summed E-state index contributed by atoms with van der Waals surface area (Å²) < 4.78 is 16.9. The fourth-order valence-corrected chi connectivity index (χ4v) is 4.78. The number of hydrazone groups is 1. The number of fused-ring (bicyclic) bond motifs is 1. The molecule has 2 heterocycles. The summed E-state index contributed by atoms with van der Waals surface area (Å²) >= 11 is 7.81. The molecule has 0 saturated carbocycles. The molecule has 0 radical (unpaired) electrons. The number of carbonyl (C=O) groups is 1. The molecule has 8 nitrogen and oxygen atoms in total. The fraction of sp³-hybridized carbons (Fsp3) is 0.280. The van der Waals surface area contributed by atoms with E-state index < -0.39 is 5.91 Å². The van der Waals surface area contributed by atoms with Crippen LogP contribution in [0.25, 0.3) is 6.08 Å². The first-order valence-corrected chi connectivity index (χ1v) is 12.2. The summed E-state index contributed by atoms with van der Waals surface area (Å²) in [7, 11) is 1.51. The van der Waals surface area contributed by atoms with E-state index >= 15 is 0 Å². The van der Waals surface area contributed by atoms with Gasteiger partial charge >= 0.3 is 0 Å². The van der Waals surface area contributed by atoms with Crippen molar-refractivity contribution in [1.82, 2.24) is 5.01 Å². The van der Waals surface area contributed by atoms with E-state index in [2.05, 4.69) is 23.9 Å². The molecule has 0 unspecified atom stereocenters. The molecule has 0 bridgehead atoms. The second-order valence-electron chi connectivity index (χ2n) is 8.16. The summed E-state index contributed by atoms with van der Waals surface area (Å²) in [5.74, 6) is 1.40. The monoisotopic (exact) mass is 512 g/mol. The maximum atomic E-state index is 12.7. The average molecular weight is 513 g/mol. The minimum Gasteiger partial charge on any atom is -0.493 e. The van der Waals surface area contributed by atoms with Crippen LogP contribution in [0, 0.1) is 11.3 Å². The molecule has 0 fully saturated rings. The van der Waals surface area contributed by atoms with Gasteiger partial charge in [0.1, 0.15) is 24.0 Å². The van der Waals surface area contributed by atoms with Gasteiger partial charge < -0.3 is 14.2 Å². The summed E-state index contributed by atoms with van der Waals surface area (Å²) in [6, 6.07) is 12.8. The zero-order valence-electron chi connectivity index (χ0n) is 19.6. The van der Waals surface area contributed by atoms with Gasteiger partial charge in [-0.15, -0.1) is 0 Å². The molecule has 2 aromatic rings. The van der Waals surface area contributed by atoms with Crippen LogP contribution in [-0.2, 0) is 4.79 Å². The van der Waals surface area contributed by atoms with Crippen molar-refractivity contribution in [1.29, 1.82) is 5.41 Å². The SMILES string of the molecule is COc1cc(/C=C2/C(=N)N3N=C(CC(C)C)SC3=NC2=O)cc(Cl)c1OCCOc1ccccc1. The number of nitrogens with one attached hydrogen (secondary N) is 1. The van der Waals surface area contributed by atoms with Crippen LogP contribution in [0.15, 0.2) is 58.1 Å². The van der Waals surface area contributed by atoms with E-state index in [1.807, 2.05) is 30.3 Å². The Bertz CT molecular complexity index is 1230. The van der Waals surface area contributed by atoms with Gasteiger partial charge in [-0.3, -0.25) is 10.2 Å². The molecular weight excluding hydrogens is 488 g/mol. The number of methoxy groups -OCH3 is 1. The fourth-order valence-electron chi connectivity index (χ4n) is 3.41. The molecule has 1 amide bonds. The Morgan fingerprint density at radius 1 is 1.17 bits per heavy atom. The van der Waals surface area contributed by atoms with Gasteiger partial charge in [0.2, 0.25) is 5.17 Å². The van der Waals surface area contributed by atoms with Crippen molar-refractivity contribution >= 4 is 51.4 Å². The Labute approximate surface area is 213 Å². The van der Waals surface area contributed by atoms with E-state index in [4.69, 9.17) is 31.2 Å². The molecule has 0 aromatic heterocycles. The Hall–Kier alpha value is -3.30. The van der Waals surface area contributed by atoms with Crippen LogP contribution < -0.4 is 14.2 Å². The summed E-state index contributed by atoms with van der Waals surface area (Å²) in [5.41, 5.74) is 0.691. The maximum absolute atomic E-state index is 12.7. The molecule has 2 aromatic carbocycles. The predicted octanol–water partition coefficient (Wildman–Crippen LogP) is 5.47. The molecule has 0 aliphatic carbocycles. The van der Waals surface area contributed by atoms with Crippen molar-refractivity contribution in [2.24, 2.45) is 16.0 Å². The summed E-state index contributed by atoms with van der Waals surface area (Å²) in [5, 5.41) is 16.0. The van der Waals surface area contributed by atoms with Gasteiger partial charge in [-0.25, -0.2) is 0 Å². The standard InChI is InChI=1S/C25H25ClN4O4S/c1-15(2)11-21-29-30-23(27)18(24(31)28-25(30)35-21)12-16-13-19(26)22(20(14-16)32-3)34-10-9-33-17-7-5-4-6-8-17/h4-8,12-15,27H,9-11H2,1-3H3/b18-12-,27-23?. The van der Waals surface area contributed by atoms with Crippen molar-refractivity contribution in [2.45, 2.75) is 20.3 Å². The Balaban J connectivity index is 1.49. The second-order valence-corrected chi connectivity index (χ2v) is 9.60. The smallest absolute Gasteiger partial charge is 0.283 e. The highest BCUT2D eigenvalue weighted by molar-refractivity contribution is 8.26. The lowest BCUT2D eigenvalue weighted by Crippen LogP contribution is -2.35. The maximum Gasteiger partial charge on any atom is 0.283 e. The molecular formula is C25H25ClN4O4S.